The molecule has 5 nitrogen and oxygen atoms in total. The van der Waals surface area contributed by atoms with Crippen LogP contribution in [-0.2, 0) is 11.3 Å². The standard InChI is InChI=1S/C11H20N4O/c1-12-11(16)5-2-6-13-7-3-9-15-10-4-8-14-15/h4,8,10,13H,2-3,5-7,9H2,1H3,(H,12,16). The Morgan fingerprint density at radius 1 is 1.38 bits per heavy atom. The van der Waals surface area contributed by atoms with Crippen LogP contribution in [0.1, 0.15) is 19.3 Å². The van der Waals surface area contributed by atoms with Gasteiger partial charge in [-0.25, -0.2) is 0 Å². The summed E-state index contributed by atoms with van der Waals surface area (Å²) in [7, 11) is 1.67. The number of amides is 1. The Morgan fingerprint density at radius 3 is 2.88 bits per heavy atom. The first-order valence-corrected chi connectivity index (χ1v) is 5.71. The van der Waals surface area contributed by atoms with Gasteiger partial charge in [0.2, 0.25) is 5.91 Å². The summed E-state index contributed by atoms with van der Waals surface area (Å²) in [6.45, 7) is 2.80. The zero-order chi connectivity index (χ0) is 11.6. The van der Waals surface area contributed by atoms with Crippen molar-refractivity contribution in [2.45, 2.75) is 25.8 Å². The quantitative estimate of drug-likeness (QED) is 0.628. The third-order valence-corrected chi connectivity index (χ3v) is 2.34. The van der Waals surface area contributed by atoms with E-state index in [2.05, 4.69) is 15.7 Å². The third kappa shape index (κ3) is 5.50. The fourth-order valence-corrected chi connectivity index (χ4v) is 1.42. The predicted octanol–water partition coefficient (Wildman–Crippen LogP) is 0.389. The molecule has 0 bridgehead atoms. The molecule has 1 aromatic heterocycles. The minimum absolute atomic E-state index is 0.110. The van der Waals surface area contributed by atoms with Gasteiger partial charge in [-0.3, -0.25) is 9.48 Å². The topological polar surface area (TPSA) is 59.0 Å². The summed E-state index contributed by atoms with van der Waals surface area (Å²) in [5, 5.41) is 10.0. The molecule has 1 amide bonds. The van der Waals surface area contributed by atoms with Crippen LogP contribution in [0, 0.1) is 0 Å². The van der Waals surface area contributed by atoms with E-state index in [0.29, 0.717) is 6.42 Å². The molecular weight excluding hydrogens is 204 g/mol. The van der Waals surface area contributed by atoms with Crippen molar-refractivity contribution in [3.8, 4) is 0 Å². The number of aryl methyl sites for hydroxylation is 1. The van der Waals surface area contributed by atoms with Crippen LogP contribution in [-0.4, -0.2) is 35.8 Å². The van der Waals surface area contributed by atoms with E-state index in [0.717, 1.165) is 32.5 Å². The van der Waals surface area contributed by atoms with Crippen LogP contribution in [0.4, 0.5) is 0 Å². The Balaban J connectivity index is 1.87. The second-order valence-electron chi connectivity index (χ2n) is 3.65. The SMILES string of the molecule is CNC(=O)CCCNCCCn1cccn1. The van der Waals surface area contributed by atoms with Crippen LogP contribution in [0.15, 0.2) is 18.5 Å². The van der Waals surface area contributed by atoms with Crippen molar-refractivity contribution >= 4 is 5.91 Å². The molecule has 0 saturated heterocycles. The van der Waals surface area contributed by atoms with Gasteiger partial charge < -0.3 is 10.6 Å². The van der Waals surface area contributed by atoms with Gasteiger partial charge in [0.25, 0.3) is 0 Å². The van der Waals surface area contributed by atoms with Crippen LogP contribution in [0.5, 0.6) is 0 Å². The normalized spacial score (nSPS) is 10.3. The molecule has 1 aromatic rings. The first-order valence-electron chi connectivity index (χ1n) is 5.71. The smallest absolute Gasteiger partial charge is 0.219 e. The van der Waals surface area contributed by atoms with Crippen LogP contribution in [0.3, 0.4) is 0 Å². The van der Waals surface area contributed by atoms with Crippen molar-refractivity contribution in [2.24, 2.45) is 0 Å². The van der Waals surface area contributed by atoms with E-state index in [4.69, 9.17) is 0 Å². The fraction of sp³-hybridized carbons (Fsp3) is 0.636. The van der Waals surface area contributed by atoms with E-state index in [9.17, 15) is 4.79 Å². The summed E-state index contributed by atoms with van der Waals surface area (Å²) < 4.78 is 1.92. The number of hydrogen-bond donors (Lipinski definition) is 2. The summed E-state index contributed by atoms with van der Waals surface area (Å²) in [5.74, 6) is 0.110. The molecule has 90 valence electrons. The summed E-state index contributed by atoms with van der Waals surface area (Å²) in [5.41, 5.74) is 0. The first-order chi connectivity index (χ1) is 7.83. The minimum atomic E-state index is 0.110. The lowest BCUT2D eigenvalue weighted by atomic mass is 10.3. The summed E-state index contributed by atoms with van der Waals surface area (Å²) >= 11 is 0. The molecule has 1 heterocycles. The van der Waals surface area contributed by atoms with Crippen molar-refractivity contribution in [2.75, 3.05) is 20.1 Å². The highest BCUT2D eigenvalue weighted by Crippen LogP contribution is 1.89. The largest absolute Gasteiger partial charge is 0.359 e. The molecule has 0 atom stereocenters. The number of nitrogens with one attached hydrogen (secondary N) is 2. The second kappa shape index (κ2) is 7.87. The molecule has 0 aliphatic carbocycles. The van der Waals surface area contributed by atoms with E-state index in [1.807, 2.05) is 16.9 Å². The molecule has 16 heavy (non-hydrogen) atoms. The average Bonchev–Trinajstić information content (AvgIpc) is 2.80. The first kappa shape index (κ1) is 12.7. The van der Waals surface area contributed by atoms with Crippen molar-refractivity contribution in [1.29, 1.82) is 0 Å². The summed E-state index contributed by atoms with van der Waals surface area (Å²) in [6, 6.07) is 1.93. The highest BCUT2D eigenvalue weighted by molar-refractivity contribution is 5.75. The van der Waals surface area contributed by atoms with Crippen molar-refractivity contribution in [3.05, 3.63) is 18.5 Å². The maximum absolute atomic E-state index is 10.9. The molecule has 0 unspecified atom stereocenters. The lowest BCUT2D eigenvalue weighted by Gasteiger charge is -2.04. The molecule has 1 rings (SSSR count). The Morgan fingerprint density at radius 2 is 2.19 bits per heavy atom. The number of aromatic nitrogens is 2. The lowest BCUT2D eigenvalue weighted by Crippen LogP contribution is -2.22. The maximum atomic E-state index is 10.9. The molecule has 0 aliphatic rings. The number of carbonyl (C=O) groups is 1. The van der Waals surface area contributed by atoms with Gasteiger partial charge in [-0.15, -0.1) is 0 Å². The average molecular weight is 224 g/mol. The molecule has 0 spiro atoms. The van der Waals surface area contributed by atoms with Crippen LogP contribution in [0.2, 0.25) is 0 Å². The summed E-state index contributed by atoms with van der Waals surface area (Å²) in [4.78, 5) is 10.9. The zero-order valence-electron chi connectivity index (χ0n) is 9.78. The van der Waals surface area contributed by atoms with E-state index < -0.39 is 0 Å². The van der Waals surface area contributed by atoms with Gasteiger partial charge in [-0.1, -0.05) is 0 Å². The minimum Gasteiger partial charge on any atom is -0.359 e. The van der Waals surface area contributed by atoms with Gasteiger partial charge in [0, 0.05) is 32.4 Å². The molecule has 0 radical (unpaired) electrons. The van der Waals surface area contributed by atoms with Gasteiger partial charge in [-0.2, -0.15) is 5.10 Å². The Hall–Kier alpha value is -1.36. The highest BCUT2D eigenvalue weighted by Gasteiger charge is 1.96. The van der Waals surface area contributed by atoms with E-state index in [-0.39, 0.29) is 5.91 Å². The predicted molar refractivity (Wildman–Crippen MR) is 63.0 cm³/mol. The molecule has 0 aromatic carbocycles. The van der Waals surface area contributed by atoms with Gasteiger partial charge in [0.05, 0.1) is 0 Å². The van der Waals surface area contributed by atoms with Crippen LogP contribution in [0.25, 0.3) is 0 Å². The number of rotatable bonds is 8. The fourth-order valence-electron chi connectivity index (χ4n) is 1.42. The second-order valence-corrected chi connectivity index (χ2v) is 3.65. The maximum Gasteiger partial charge on any atom is 0.219 e. The molecule has 0 saturated carbocycles. The Bertz CT molecular complexity index is 284. The lowest BCUT2D eigenvalue weighted by molar-refractivity contribution is -0.120. The van der Waals surface area contributed by atoms with Crippen molar-refractivity contribution in [1.82, 2.24) is 20.4 Å². The molecule has 2 N–H and O–H groups in total. The third-order valence-electron chi connectivity index (χ3n) is 2.34. The van der Waals surface area contributed by atoms with Gasteiger partial charge in [-0.05, 0) is 32.0 Å². The molecular formula is C11H20N4O. The molecule has 0 fully saturated rings. The van der Waals surface area contributed by atoms with Gasteiger partial charge in [0.1, 0.15) is 0 Å². The Labute approximate surface area is 96.2 Å². The Kier molecular flexibility index (Phi) is 6.25. The summed E-state index contributed by atoms with van der Waals surface area (Å²) in [6.07, 6.45) is 6.30. The molecule has 5 heteroatoms. The van der Waals surface area contributed by atoms with Crippen molar-refractivity contribution < 1.29 is 4.79 Å². The van der Waals surface area contributed by atoms with Gasteiger partial charge >= 0.3 is 0 Å². The number of carbonyl (C=O) groups excluding carboxylic acids is 1. The van der Waals surface area contributed by atoms with E-state index in [1.165, 1.54) is 0 Å². The molecule has 0 aliphatic heterocycles. The highest BCUT2D eigenvalue weighted by atomic mass is 16.1. The monoisotopic (exact) mass is 224 g/mol. The van der Waals surface area contributed by atoms with Gasteiger partial charge in [0.15, 0.2) is 0 Å². The van der Waals surface area contributed by atoms with E-state index in [1.54, 1.807) is 13.2 Å². The van der Waals surface area contributed by atoms with Crippen LogP contribution < -0.4 is 10.6 Å². The number of nitrogens with zero attached hydrogens (tertiary/aromatic N) is 2. The van der Waals surface area contributed by atoms with Crippen molar-refractivity contribution in [3.63, 3.8) is 0 Å². The number of hydrogen-bond acceptors (Lipinski definition) is 3. The van der Waals surface area contributed by atoms with Crippen LogP contribution >= 0.6 is 0 Å². The van der Waals surface area contributed by atoms with E-state index >= 15 is 0 Å². The zero-order valence-corrected chi connectivity index (χ0v) is 9.78.